The fourth-order valence-electron chi connectivity index (χ4n) is 3.04. The number of amides is 1. The third kappa shape index (κ3) is 3.57. The minimum Gasteiger partial charge on any atom is -0.469 e. The molecule has 0 bridgehead atoms. The topological polar surface area (TPSA) is 65.1 Å². The molecule has 0 radical (unpaired) electrons. The third-order valence-electron chi connectivity index (χ3n) is 4.45. The van der Waals surface area contributed by atoms with Gasteiger partial charge in [0.15, 0.2) is 11.5 Å². The van der Waals surface area contributed by atoms with Crippen molar-refractivity contribution in [1.29, 1.82) is 0 Å². The number of ether oxygens (including phenoxy) is 3. The molecule has 6 nitrogen and oxygen atoms in total. The quantitative estimate of drug-likeness (QED) is 0.791. The van der Waals surface area contributed by atoms with E-state index < -0.39 is 0 Å². The van der Waals surface area contributed by atoms with Crippen LogP contribution in [0.4, 0.5) is 0 Å². The van der Waals surface area contributed by atoms with Crippen LogP contribution in [0.15, 0.2) is 18.2 Å². The summed E-state index contributed by atoms with van der Waals surface area (Å²) in [5, 5.41) is 0. The average Bonchev–Trinajstić information content (AvgIpc) is 3.06. The van der Waals surface area contributed by atoms with Gasteiger partial charge < -0.3 is 19.1 Å². The van der Waals surface area contributed by atoms with Crippen molar-refractivity contribution in [3.63, 3.8) is 0 Å². The monoisotopic (exact) mass is 319 g/mol. The number of hydrogen-bond acceptors (Lipinski definition) is 5. The Balaban J connectivity index is 1.48. The van der Waals surface area contributed by atoms with Gasteiger partial charge in [-0.1, -0.05) is 6.07 Å². The van der Waals surface area contributed by atoms with Gasteiger partial charge in [0.2, 0.25) is 12.7 Å². The van der Waals surface area contributed by atoms with E-state index in [1.165, 1.54) is 7.11 Å². The average molecular weight is 319 g/mol. The smallest absolute Gasteiger partial charge is 0.308 e. The summed E-state index contributed by atoms with van der Waals surface area (Å²) in [5.74, 6) is 1.39. The van der Waals surface area contributed by atoms with Gasteiger partial charge in [-0.2, -0.15) is 0 Å². The van der Waals surface area contributed by atoms with E-state index in [0.29, 0.717) is 38.8 Å². The fourth-order valence-corrected chi connectivity index (χ4v) is 3.04. The number of carbonyl (C=O) groups is 2. The first-order valence-corrected chi connectivity index (χ1v) is 7.91. The minimum atomic E-state index is -0.169. The van der Waals surface area contributed by atoms with Gasteiger partial charge in [-0.25, -0.2) is 0 Å². The Kier molecular flexibility index (Phi) is 4.69. The van der Waals surface area contributed by atoms with Gasteiger partial charge in [0, 0.05) is 19.5 Å². The number of piperidine rings is 1. The molecule has 1 saturated heterocycles. The SMILES string of the molecule is COC(=O)C1CCN(C(=O)CCc2ccc3c(c2)OCO3)CC1. The number of rotatable bonds is 4. The molecule has 1 amide bonds. The van der Waals surface area contributed by atoms with Gasteiger partial charge in [0.05, 0.1) is 13.0 Å². The predicted molar refractivity (Wildman–Crippen MR) is 82.2 cm³/mol. The highest BCUT2D eigenvalue weighted by Gasteiger charge is 2.27. The Bertz CT molecular complexity index is 593. The zero-order chi connectivity index (χ0) is 16.2. The highest BCUT2D eigenvalue weighted by molar-refractivity contribution is 5.77. The number of fused-ring (bicyclic) bond motifs is 1. The molecule has 2 aliphatic heterocycles. The molecular formula is C17H21NO5. The van der Waals surface area contributed by atoms with Crippen LogP contribution in [-0.2, 0) is 20.7 Å². The normalized spacial score (nSPS) is 17.2. The summed E-state index contributed by atoms with van der Waals surface area (Å²) in [5.41, 5.74) is 1.06. The Morgan fingerprint density at radius 3 is 2.70 bits per heavy atom. The van der Waals surface area contributed by atoms with Crippen LogP contribution in [0.3, 0.4) is 0 Å². The van der Waals surface area contributed by atoms with E-state index in [0.717, 1.165) is 17.1 Å². The molecule has 0 spiro atoms. The second-order valence-corrected chi connectivity index (χ2v) is 5.87. The molecular weight excluding hydrogens is 298 g/mol. The number of hydrogen-bond donors (Lipinski definition) is 0. The van der Waals surface area contributed by atoms with Crippen molar-refractivity contribution in [3.8, 4) is 11.5 Å². The van der Waals surface area contributed by atoms with Gasteiger partial charge >= 0.3 is 5.97 Å². The number of aryl methyl sites for hydroxylation is 1. The van der Waals surface area contributed by atoms with Crippen LogP contribution in [0.1, 0.15) is 24.8 Å². The Hall–Kier alpha value is -2.24. The molecule has 0 aliphatic carbocycles. The molecule has 0 N–H and O–H groups in total. The number of esters is 1. The number of methoxy groups -OCH3 is 1. The van der Waals surface area contributed by atoms with Crippen molar-refractivity contribution in [2.45, 2.75) is 25.7 Å². The summed E-state index contributed by atoms with van der Waals surface area (Å²) in [4.78, 5) is 25.6. The Morgan fingerprint density at radius 2 is 1.96 bits per heavy atom. The van der Waals surface area contributed by atoms with Gasteiger partial charge in [0.1, 0.15) is 0 Å². The second kappa shape index (κ2) is 6.89. The molecule has 1 fully saturated rings. The second-order valence-electron chi connectivity index (χ2n) is 5.87. The lowest BCUT2D eigenvalue weighted by Crippen LogP contribution is -2.40. The van der Waals surface area contributed by atoms with Crippen LogP contribution in [-0.4, -0.2) is 43.8 Å². The van der Waals surface area contributed by atoms with E-state index in [1.54, 1.807) is 0 Å². The molecule has 6 heteroatoms. The molecule has 0 aromatic heterocycles. The van der Waals surface area contributed by atoms with Gasteiger partial charge in [-0.3, -0.25) is 9.59 Å². The molecule has 0 saturated carbocycles. The highest BCUT2D eigenvalue weighted by atomic mass is 16.7. The summed E-state index contributed by atoms with van der Waals surface area (Å²) in [6.07, 6.45) is 2.50. The molecule has 124 valence electrons. The molecule has 23 heavy (non-hydrogen) atoms. The van der Waals surface area contributed by atoms with Crippen LogP contribution in [0.25, 0.3) is 0 Å². The predicted octanol–water partition coefficient (Wildman–Crippen LogP) is 1.76. The van der Waals surface area contributed by atoms with Gasteiger partial charge in [-0.05, 0) is 37.0 Å². The van der Waals surface area contributed by atoms with Crippen LogP contribution >= 0.6 is 0 Å². The first kappa shape index (κ1) is 15.6. The zero-order valence-electron chi connectivity index (χ0n) is 13.2. The summed E-state index contributed by atoms with van der Waals surface area (Å²) in [6, 6.07) is 5.77. The Labute approximate surface area is 135 Å². The largest absolute Gasteiger partial charge is 0.469 e. The number of likely N-dealkylation sites (tertiary alicyclic amines) is 1. The van der Waals surface area contributed by atoms with E-state index in [9.17, 15) is 9.59 Å². The Morgan fingerprint density at radius 1 is 1.22 bits per heavy atom. The molecule has 1 aromatic rings. The maximum Gasteiger partial charge on any atom is 0.308 e. The van der Waals surface area contributed by atoms with E-state index >= 15 is 0 Å². The van der Waals surface area contributed by atoms with Crippen LogP contribution in [0.2, 0.25) is 0 Å². The molecule has 1 aromatic carbocycles. The molecule has 2 aliphatic rings. The van der Waals surface area contributed by atoms with Crippen molar-refractivity contribution in [1.82, 2.24) is 4.90 Å². The summed E-state index contributed by atoms with van der Waals surface area (Å²) in [6.45, 7) is 1.51. The van der Waals surface area contributed by atoms with E-state index in [4.69, 9.17) is 14.2 Å². The number of nitrogens with zero attached hydrogens (tertiary/aromatic N) is 1. The third-order valence-corrected chi connectivity index (χ3v) is 4.45. The van der Waals surface area contributed by atoms with Crippen molar-refractivity contribution in [2.75, 3.05) is 27.0 Å². The molecule has 2 heterocycles. The zero-order valence-corrected chi connectivity index (χ0v) is 13.2. The fraction of sp³-hybridized carbons (Fsp3) is 0.529. The lowest BCUT2D eigenvalue weighted by atomic mass is 9.96. The lowest BCUT2D eigenvalue weighted by Gasteiger charge is -2.30. The maximum absolute atomic E-state index is 12.3. The molecule has 0 atom stereocenters. The van der Waals surface area contributed by atoms with E-state index in [2.05, 4.69) is 0 Å². The summed E-state index contributed by atoms with van der Waals surface area (Å²) >= 11 is 0. The van der Waals surface area contributed by atoms with Crippen molar-refractivity contribution < 1.29 is 23.8 Å². The van der Waals surface area contributed by atoms with Crippen LogP contribution < -0.4 is 9.47 Å². The number of benzene rings is 1. The number of carbonyl (C=O) groups excluding carboxylic acids is 2. The lowest BCUT2D eigenvalue weighted by molar-refractivity contribution is -0.148. The van der Waals surface area contributed by atoms with Gasteiger partial charge in [-0.15, -0.1) is 0 Å². The van der Waals surface area contributed by atoms with Gasteiger partial charge in [0.25, 0.3) is 0 Å². The maximum atomic E-state index is 12.3. The van der Waals surface area contributed by atoms with Crippen LogP contribution in [0.5, 0.6) is 11.5 Å². The standard InChI is InChI=1S/C17H21NO5/c1-21-17(20)13-6-8-18(9-7-13)16(19)5-3-12-2-4-14-15(10-12)23-11-22-14/h2,4,10,13H,3,5-9,11H2,1H3. The van der Waals surface area contributed by atoms with E-state index in [-0.39, 0.29) is 24.6 Å². The van der Waals surface area contributed by atoms with E-state index in [1.807, 2.05) is 23.1 Å². The molecule has 0 unspecified atom stereocenters. The highest BCUT2D eigenvalue weighted by Crippen LogP contribution is 2.32. The van der Waals surface area contributed by atoms with Crippen molar-refractivity contribution in [2.24, 2.45) is 5.92 Å². The molecule has 3 rings (SSSR count). The van der Waals surface area contributed by atoms with Crippen LogP contribution in [0, 0.1) is 5.92 Å². The minimum absolute atomic E-state index is 0.0714. The van der Waals surface area contributed by atoms with Crippen molar-refractivity contribution in [3.05, 3.63) is 23.8 Å². The first-order chi connectivity index (χ1) is 11.2. The first-order valence-electron chi connectivity index (χ1n) is 7.91. The summed E-state index contributed by atoms with van der Waals surface area (Å²) < 4.78 is 15.4. The summed E-state index contributed by atoms with van der Waals surface area (Å²) in [7, 11) is 1.41. The van der Waals surface area contributed by atoms with Crippen molar-refractivity contribution >= 4 is 11.9 Å².